The minimum absolute atomic E-state index is 0.0396. The summed E-state index contributed by atoms with van der Waals surface area (Å²) in [5, 5.41) is 15.5. The monoisotopic (exact) mass is 676 g/mol. The van der Waals surface area contributed by atoms with Crippen molar-refractivity contribution in [2.24, 2.45) is 0 Å². The van der Waals surface area contributed by atoms with E-state index in [0.29, 0.717) is 16.7 Å². The van der Waals surface area contributed by atoms with Crippen molar-refractivity contribution in [2.45, 2.75) is 114 Å². The highest BCUT2D eigenvalue weighted by molar-refractivity contribution is 8.00. The molecule has 0 amide bonds. The van der Waals surface area contributed by atoms with Crippen LogP contribution in [0.1, 0.15) is 94.2 Å². The van der Waals surface area contributed by atoms with Gasteiger partial charge in [-0.25, -0.2) is 0 Å². The fourth-order valence-electron chi connectivity index (χ4n) is 3.35. The third kappa shape index (κ3) is 13.3. The summed E-state index contributed by atoms with van der Waals surface area (Å²) in [5.74, 6) is 0.721. The van der Waals surface area contributed by atoms with E-state index in [-0.39, 0.29) is 26.2 Å². The van der Waals surface area contributed by atoms with Crippen LogP contribution >= 0.6 is 24.4 Å². The first-order valence-electron chi connectivity index (χ1n) is 14.5. The molecule has 248 valence electrons. The summed E-state index contributed by atoms with van der Waals surface area (Å²) in [6.07, 6.45) is 0. The second-order valence-electron chi connectivity index (χ2n) is 14.4. The topological polar surface area (TPSA) is 121 Å². The Morgan fingerprint density at radius 2 is 1.02 bits per heavy atom. The molecule has 0 saturated heterocycles. The lowest BCUT2D eigenvalue weighted by Gasteiger charge is -2.18. The van der Waals surface area contributed by atoms with E-state index in [1.54, 1.807) is 11.8 Å². The van der Waals surface area contributed by atoms with Gasteiger partial charge in [0.2, 0.25) is 11.8 Å². The van der Waals surface area contributed by atoms with Crippen LogP contribution in [0.2, 0.25) is 0 Å². The highest BCUT2D eigenvalue weighted by Gasteiger charge is 2.23. The van der Waals surface area contributed by atoms with Crippen molar-refractivity contribution in [1.29, 1.82) is 0 Å². The Balaban J connectivity index is 0.000000273. The Bertz CT molecular complexity index is 1600. The fourth-order valence-corrected chi connectivity index (χ4v) is 4.54. The molecule has 45 heavy (non-hydrogen) atoms. The number of nitrogens with zero attached hydrogens (tertiary/aromatic N) is 4. The number of hydrogen-bond acceptors (Lipinski definition) is 11. The number of thioether (sulfide) groups is 1. The Morgan fingerprint density at radius 3 is 1.38 bits per heavy atom. The molecule has 0 saturated carbocycles. The third-order valence-electron chi connectivity index (χ3n) is 5.64. The van der Waals surface area contributed by atoms with Crippen LogP contribution in [0.3, 0.4) is 0 Å². The molecule has 4 rings (SSSR count). The van der Waals surface area contributed by atoms with Crippen LogP contribution in [0.5, 0.6) is 0 Å². The van der Waals surface area contributed by atoms with Gasteiger partial charge < -0.3 is 8.83 Å². The van der Waals surface area contributed by atoms with Crippen molar-refractivity contribution in [2.75, 3.05) is 7.11 Å². The zero-order valence-corrected chi connectivity index (χ0v) is 31.2. The van der Waals surface area contributed by atoms with E-state index in [9.17, 15) is 8.42 Å². The lowest BCUT2D eigenvalue weighted by molar-refractivity contribution is 0.354. The number of benzene rings is 2. The van der Waals surface area contributed by atoms with Gasteiger partial charge in [-0.15, -0.1) is 15.3 Å². The summed E-state index contributed by atoms with van der Waals surface area (Å²) in [6.45, 7) is 25.5. The molecule has 0 N–H and O–H groups in total. The van der Waals surface area contributed by atoms with Gasteiger partial charge in [0.05, 0.1) is 7.11 Å². The molecule has 0 fully saturated rings. The highest BCUT2D eigenvalue weighted by Crippen LogP contribution is 2.33. The fraction of sp³-hybridized carbons (Fsp3) is 0.515. The van der Waals surface area contributed by atoms with Crippen LogP contribution in [0.25, 0.3) is 22.9 Å². The first-order valence-corrected chi connectivity index (χ1v) is 17.2. The summed E-state index contributed by atoms with van der Waals surface area (Å²) in [5.41, 5.74) is 4.27. The SMILES string of the molecule is CC(C)(C)S.CC(C)(C)Sc1nnc(-c2ccc(C(C)(C)C)cc2)o1.COS(=O)(=O)c1nnc(-c2ccc(C(C)(C)C)cc2)o1. The van der Waals surface area contributed by atoms with E-state index in [4.69, 9.17) is 8.83 Å². The Labute approximate surface area is 278 Å². The first kappa shape index (κ1) is 38.5. The van der Waals surface area contributed by atoms with Crippen molar-refractivity contribution >= 4 is 34.5 Å². The maximum atomic E-state index is 11.4. The van der Waals surface area contributed by atoms with Crippen LogP contribution in [0, 0.1) is 0 Å². The van der Waals surface area contributed by atoms with Crippen molar-refractivity contribution in [3.8, 4) is 22.9 Å². The van der Waals surface area contributed by atoms with Gasteiger partial charge in [0.15, 0.2) is 0 Å². The molecule has 0 aliphatic carbocycles. The molecule has 0 unspecified atom stereocenters. The smallest absolute Gasteiger partial charge is 0.364 e. The molecule has 0 radical (unpaired) electrons. The van der Waals surface area contributed by atoms with Gasteiger partial charge in [0.1, 0.15) is 0 Å². The minimum atomic E-state index is -3.96. The first-order chi connectivity index (χ1) is 20.4. The van der Waals surface area contributed by atoms with Gasteiger partial charge in [0.25, 0.3) is 5.22 Å². The van der Waals surface area contributed by atoms with Crippen LogP contribution < -0.4 is 0 Å². The van der Waals surface area contributed by atoms with E-state index >= 15 is 0 Å². The second-order valence-corrected chi connectivity index (χ2v) is 19.1. The van der Waals surface area contributed by atoms with Crippen molar-refractivity contribution in [3.05, 3.63) is 59.7 Å². The van der Waals surface area contributed by atoms with Crippen molar-refractivity contribution in [1.82, 2.24) is 20.4 Å². The molecular formula is C33H48N4O5S3. The van der Waals surface area contributed by atoms with Crippen LogP contribution in [-0.2, 0) is 25.1 Å². The molecule has 9 nitrogen and oxygen atoms in total. The molecule has 0 aliphatic heterocycles. The van der Waals surface area contributed by atoms with Gasteiger partial charge in [-0.2, -0.15) is 21.0 Å². The molecule has 2 heterocycles. The summed E-state index contributed by atoms with van der Waals surface area (Å²) in [7, 11) is -2.92. The second kappa shape index (κ2) is 14.8. The Morgan fingerprint density at radius 1 is 0.644 bits per heavy atom. The van der Waals surface area contributed by atoms with E-state index in [2.05, 4.69) is 132 Å². The van der Waals surface area contributed by atoms with E-state index in [1.807, 2.05) is 36.4 Å². The van der Waals surface area contributed by atoms with E-state index in [0.717, 1.165) is 18.2 Å². The number of rotatable bonds is 5. The molecule has 12 heteroatoms. The zero-order chi connectivity index (χ0) is 34.4. The van der Waals surface area contributed by atoms with Crippen LogP contribution in [0.4, 0.5) is 0 Å². The van der Waals surface area contributed by atoms with Gasteiger partial charge in [-0.3, -0.25) is 4.18 Å². The normalized spacial score (nSPS) is 12.6. The van der Waals surface area contributed by atoms with Gasteiger partial charge in [-0.05, 0) is 46.2 Å². The lowest BCUT2D eigenvalue weighted by atomic mass is 9.87. The molecule has 0 bridgehead atoms. The average molecular weight is 677 g/mol. The molecule has 0 spiro atoms. The van der Waals surface area contributed by atoms with Crippen molar-refractivity contribution < 1.29 is 21.4 Å². The molecule has 0 atom stereocenters. The number of thiol groups is 1. The molecule has 4 aromatic rings. The molecular weight excluding hydrogens is 629 g/mol. The maximum absolute atomic E-state index is 11.4. The van der Waals surface area contributed by atoms with Crippen LogP contribution in [0.15, 0.2) is 67.8 Å². The third-order valence-corrected chi connectivity index (χ3v) is 7.62. The van der Waals surface area contributed by atoms with E-state index in [1.165, 1.54) is 5.56 Å². The average Bonchev–Trinajstić information content (AvgIpc) is 3.57. The van der Waals surface area contributed by atoms with Crippen LogP contribution in [-0.4, -0.2) is 45.4 Å². The maximum Gasteiger partial charge on any atom is 0.364 e. The number of hydrogen-bond donors (Lipinski definition) is 1. The Hall–Kier alpha value is -2.67. The number of aromatic nitrogens is 4. The quantitative estimate of drug-likeness (QED) is 0.124. The summed E-state index contributed by atoms with van der Waals surface area (Å²) >= 11 is 5.71. The van der Waals surface area contributed by atoms with Gasteiger partial charge >= 0.3 is 15.3 Å². The molecule has 2 aromatic heterocycles. The minimum Gasteiger partial charge on any atom is -0.411 e. The summed E-state index contributed by atoms with van der Waals surface area (Å²) < 4.78 is 38.2. The molecule has 0 aliphatic rings. The predicted molar refractivity (Wildman–Crippen MR) is 185 cm³/mol. The lowest BCUT2D eigenvalue weighted by Crippen LogP contribution is -2.10. The van der Waals surface area contributed by atoms with Gasteiger partial charge in [0, 0.05) is 20.6 Å². The zero-order valence-electron chi connectivity index (χ0n) is 28.7. The molecule has 2 aromatic carbocycles. The summed E-state index contributed by atoms with van der Waals surface area (Å²) in [4.78, 5) is 0. The van der Waals surface area contributed by atoms with Crippen molar-refractivity contribution in [3.63, 3.8) is 0 Å². The standard InChI is InChI=1S/C16H22N2OS.C13H16N2O4S.C4H10S/c1-15(2,3)12-9-7-11(8-10-12)13-17-18-14(19-13)20-16(4,5)6;1-13(2,3)10-7-5-9(6-8-10)11-14-15-12(19-11)20(16,17)18-4;1-4(2,3)5/h7-10H,1-6H3;5-8H,1-4H3;5H,1-3H3. The Kier molecular flexibility index (Phi) is 12.7. The highest BCUT2D eigenvalue weighted by atomic mass is 32.2. The predicted octanol–water partition coefficient (Wildman–Crippen LogP) is 9.01. The largest absolute Gasteiger partial charge is 0.411 e. The van der Waals surface area contributed by atoms with E-state index < -0.39 is 15.3 Å². The van der Waals surface area contributed by atoms with Gasteiger partial charge in [-0.1, -0.05) is 124 Å². The summed E-state index contributed by atoms with van der Waals surface area (Å²) in [6, 6.07) is 15.9.